The Bertz CT molecular complexity index is 242. The van der Waals surface area contributed by atoms with E-state index in [1.165, 1.54) is 51.4 Å². The van der Waals surface area contributed by atoms with Gasteiger partial charge in [-0.25, -0.2) is 0 Å². The van der Waals surface area contributed by atoms with Crippen LogP contribution >= 0.6 is 0 Å². The standard InChI is InChI=1S/C16H29N/c1-4-17-13-5-6-15-7-10-16(11-8-15,12-9-15)14(2)3/h4,14,17H,1,5-13H2,2-3H3. The third-order valence-corrected chi connectivity index (χ3v) is 5.86. The predicted octanol–water partition coefficient (Wildman–Crippen LogP) is 4.50. The second-order valence-corrected chi connectivity index (χ2v) is 6.78. The molecule has 0 spiro atoms. The molecular weight excluding hydrogens is 206 g/mol. The van der Waals surface area contributed by atoms with E-state index in [1.807, 2.05) is 6.20 Å². The molecule has 0 atom stereocenters. The maximum atomic E-state index is 3.71. The van der Waals surface area contributed by atoms with Gasteiger partial charge in [0.15, 0.2) is 0 Å². The van der Waals surface area contributed by atoms with Crippen LogP contribution in [0.1, 0.15) is 65.2 Å². The summed E-state index contributed by atoms with van der Waals surface area (Å²) in [7, 11) is 0. The van der Waals surface area contributed by atoms with Crippen LogP contribution in [0.15, 0.2) is 12.8 Å². The molecular formula is C16H29N. The van der Waals surface area contributed by atoms with Crippen molar-refractivity contribution in [1.29, 1.82) is 0 Å². The highest BCUT2D eigenvalue weighted by molar-refractivity contribution is 5.00. The molecule has 3 saturated carbocycles. The van der Waals surface area contributed by atoms with E-state index in [9.17, 15) is 0 Å². The molecule has 17 heavy (non-hydrogen) atoms. The van der Waals surface area contributed by atoms with Gasteiger partial charge in [0.1, 0.15) is 0 Å². The predicted molar refractivity (Wildman–Crippen MR) is 74.8 cm³/mol. The number of rotatable bonds is 6. The first-order chi connectivity index (χ1) is 8.13. The van der Waals surface area contributed by atoms with Crippen LogP contribution in [0.4, 0.5) is 0 Å². The zero-order chi connectivity index (χ0) is 12.4. The maximum Gasteiger partial charge on any atom is 0.0141 e. The molecule has 1 nitrogen and oxygen atoms in total. The summed E-state index contributed by atoms with van der Waals surface area (Å²) in [5, 5.41) is 3.23. The van der Waals surface area contributed by atoms with E-state index < -0.39 is 0 Å². The minimum absolute atomic E-state index is 0.722. The van der Waals surface area contributed by atoms with Gasteiger partial charge in [0.2, 0.25) is 0 Å². The second kappa shape index (κ2) is 5.04. The van der Waals surface area contributed by atoms with Crippen molar-refractivity contribution in [3.63, 3.8) is 0 Å². The van der Waals surface area contributed by atoms with Crippen molar-refractivity contribution in [3.8, 4) is 0 Å². The first-order valence-corrected chi connectivity index (χ1v) is 7.47. The van der Waals surface area contributed by atoms with Gasteiger partial charge in [-0.1, -0.05) is 20.4 Å². The summed E-state index contributed by atoms with van der Waals surface area (Å²) in [6.45, 7) is 9.69. The average Bonchev–Trinajstić information content (AvgIpc) is 2.37. The van der Waals surface area contributed by atoms with Crippen LogP contribution < -0.4 is 5.32 Å². The molecule has 3 rings (SSSR count). The van der Waals surface area contributed by atoms with Gasteiger partial charge in [0.05, 0.1) is 0 Å². The molecule has 0 aromatic heterocycles. The molecule has 0 amide bonds. The molecule has 1 heteroatoms. The van der Waals surface area contributed by atoms with Crippen molar-refractivity contribution in [2.75, 3.05) is 6.54 Å². The average molecular weight is 235 g/mol. The van der Waals surface area contributed by atoms with E-state index in [0.29, 0.717) is 0 Å². The van der Waals surface area contributed by atoms with E-state index in [2.05, 4.69) is 25.7 Å². The lowest BCUT2D eigenvalue weighted by atomic mass is 9.50. The van der Waals surface area contributed by atoms with Gasteiger partial charge < -0.3 is 5.32 Å². The summed E-state index contributed by atoms with van der Waals surface area (Å²) in [5.41, 5.74) is 1.45. The first kappa shape index (κ1) is 13.0. The summed E-state index contributed by atoms with van der Waals surface area (Å²) in [4.78, 5) is 0. The Labute approximate surface area is 107 Å². The highest BCUT2D eigenvalue weighted by Gasteiger charge is 2.49. The van der Waals surface area contributed by atoms with Crippen LogP contribution in [0, 0.1) is 16.7 Å². The summed E-state index contributed by atoms with van der Waals surface area (Å²) < 4.78 is 0. The Morgan fingerprint density at radius 3 is 2.18 bits per heavy atom. The zero-order valence-electron chi connectivity index (χ0n) is 11.7. The van der Waals surface area contributed by atoms with Crippen LogP contribution in [-0.2, 0) is 0 Å². The Kier molecular flexibility index (Phi) is 3.85. The van der Waals surface area contributed by atoms with Crippen LogP contribution in [0.25, 0.3) is 0 Å². The zero-order valence-corrected chi connectivity index (χ0v) is 11.7. The monoisotopic (exact) mass is 235 g/mol. The van der Waals surface area contributed by atoms with Crippen molar-refractivity contribution in [3.05, 3.63) is 12.8 Å². The van der Waals surface area contributed by atoms with E-state index in [4.69, 9.17) is 0 Å². The Hall–Kier alpha value is -0.460. The molecule has 0 unspecified atom stereocenters. The molecule has 2 bridgehead atoms. The first-order valence-electron chi connectivity index (χ1n) is 7.47. The Balaban J connectivity index is 1.84. The van der Waals surface area contributed by atoms with Gasteiger partial charge in [0.25, 0.3) is 0 Å². The van der Waals surface area contributed by atoms with Gasteiger partial charge in [-0.15, -0.1) is 0 Å². The quantitative estimate of drug-likeness (QED) is 0.669. The summed E-state index contributed by atoms with van der Waals surface area (Å²) >= 11 is 0. The van der Waals surface area contributed by atoms with Gasteiger partial charge in [0, 0.05) is 6.54 Å². The van der Waals surface area contributed by atoms with Gasteiger partial charge >= 0.3 is 0 Å². The van der Waals surface area contributed by atoms with Crippen LogP contribution in [0.3, 0.4) is 0 Å². The lowest BCUT2D eigenvalue weighted by Crippen LogP contribution is -2.44. The lowest BCUT2D eigenvalue weighted by molar-refractivity contribution is -0.0431. The molecule has 3 aliphatic carbocycles. The van der Waals surface area contributed by atoms with Crippen molar-refractivity contribution >= 4 is 0 Å². The summed E-state index contributed by atoms with van der Waals surface area (Å²) in [6.07, 6.45) is 13.6. The SMILES string of the molecule is C=CNCCCC12CCC(C(C)C)(CC1)CC2. The highest BCUT2D eigenvalue weighted by Crippen LogP contribution is 2.61. The van der Waals surface area contributed by atoms with Crippen molar-refractivity contribution < 1.29 is 0 Å². The number of fused-ring (bicyclic) bond motifs is 3. The van der Waals surface area contributed by atoms with Crippen molar-refractivity contribution in [2.45, 2.75) is 65.2 Å². The fraction of sp³-hybridized carbons (Fsp3) is 0.875. The lowest BCUT2D eigenvalue weighted by Gasteiger charge is -2.56. The highest BCUT2D eigenvalue weighted by atomic mass is 14.8. The van der Waals surface area contributed by atoms with Gasteiger partial charge in [-0.3, -0.25) is 0 Å². The topological polar surface area (TPSA) is 12.0 Å². The van der Waals surface area contributed by atoms with Crippen molar-refractivity contribution in [1.82, 2.24) is 5.32 Å². The molecule has 0 aliphatic heterocycles. The number of hydrogen-bond donors (Lipinski definition) is 1. The van der Waals surface area contributed by atoms with Crippen LogP contribution in [0.5, 0.6) is 0 Å². The molecule has 3 aliphatic rings. The molecule has 0 saturated heterocycles. The third-order valence-electron chi connectivity index (χ3n) is 5.86. The molecule has 0 aromatic carbocycles. The largest absolute Gasteiger partial charge is 0.391 e. The van der Waals surface area contributed by atoms with Crippen LogP contribution in [0.2, 0.25) is 0 Å². The van der Waals surface area contributed by atoms with E-state index >= 15 is 0 Å². The maximum absolute atomic E-state index is 3.71. The normalized spacial score (nSPS) is 36.2. The van der Waals surface area contributed by atoms with Gasteiger partial charge in [-0.05, 0) is 74.3 Å². The van der Waals surface area contributed by atoms with Crippen LogP contribution in [-0.4, -0.2) is 6.54 Å². The third kappa shape index (κ3) is 2.53. The number of hydrogen-bond acceptors (Lipinski definition) is 1. The molecule has 98 valence electrons. The molecule has 0 radical (unpaired) electrons. The molecule has 3 fully saturated rings. The van der Waals surface area contributed by atoms with Gasteiger partial charge in [-0.2, -0.15) is 0 Å². The summed E-state index contributed by atoms with van der Waals surface area (Å²) in [5.74, 6) is 0.892. The minimum Gasteiger partial charge on any atom is -0.391 e. The fourth-order valence-electron chi connectivity index (χ4n) is 4.20. The van der Waals surface area contributed by atoms with E-state index in [1.54, 1.807) is 0 Å². The minimum atomic E-state index is 0.722. The summed E-state index contributed by atoms with van der Waals surface area (Å²) in [6, 6.07) is 0. The molecule has 1 N–H and O–H groups in total. The number of nitrogens with one attached hydrogen (secondary N) is 1. The fourth-order valence-corrected chi connectivity index (χ4v) is 4.20. The van der Waals surface area contributed by atoms with E-state index in [0.717, 1.165) is 23.3 Å². The van der Waals surface area contributed by atoms with E-state index in [-0.39, 0.29) is 0 Å². The smallest absolute Gasteiger partial charge is 0.0141 e. The Morgan fingerprint density at radius 2 is 1.71 bits per heavy atom. The molecule has 0 aromatic rings. The van der Waals surface area contributed by atoms with Crippen molar-refractivity contribution in [2.24, 2.45) is 16.7 Å². The molecule has 0 heterocycles. The Morgan fingerprint density at radius 1 is 1.12 bits per heavy atom. The second-order valence-electron chi connectivity index (χ2n) is 6.78.